The Morgan fingerprint density at radius 1 is 0.833 bits per heavy atom. The molecule has 0 aromatic heterocycles. The van der Waals surface area contributed by atoms with Gasteiger partial charge in [-0.15, -0.1) is 0 Å². The van der Waals surface area contributed by atoms with E-state index in [1.807, 2.05) is 6.07 Å². The average molecular weight is 456 g/mol. The van der Waals surface area contributed by atoms with Crippen molar-refractivity contribution in [2.75, 3.05) is 5.75 Å². The van der Waals surface area contributed by atoms with E-state index in [9.17, 15) is 8.42 Å². The van der Waals surface area contributed by atoms with Gasteiger partial charge in [-0.05, 0) is 0 Å². The summed E-state index contributed by atoms with van der Waals surface area (Å²) in [6.45, 7) is 2.26. The Balaban J connectivity index is 2.07. The maximum atomic E-state index is 12.3. The molecule has 0 aliphatic heterocycles. The van der Waals surface area contributed by atoms with E-state index in [0.29, 0.717) is 14.6 Å². The van der Waals surface area contributed by atoms with Crippen LogP contribution in [0.4, 0.5) is 0 Å². The molecular formula is C20H33O2SSn. The van der Waals surface area contributed by atoms with E-state index >= 15 is 0 Å². The van der Waals surface area contributed by atoms with Gasteiger partial charge >= 0.3 is 156 Å². The summed E-state index contributed by atoms with van der Waals surface area (Å²) in [5.74, 6) is 0.312. The fourth-order valence-electron chi connectivity index (χ4n) is 2.95. The maximum absolute atomic E-state index is 12.3. The molecule has 1 aromatic rings. The van der Waals surface area contributed by atoms with Crippen molar-refractivity contribution >= 4 is 32.4 Å². The molecule has 0 bridgehead atoms. The molecule has 1 unspecified atom stereocenters. The second kappa shape index (κ2) is 13.2. The van der Waals surface area contributed by atoms with E-state index in [-0.39, 0.29) is 0 Å². The SMILES string of the molecule is CCCCCCCCCCCC[CH]([Sn])CS(=O)(=O)c1ccccc1. The van der Waals surface area contributed by atoms with Crippen molar-refractivity contribution in [1.29, 1.82) is 0 Å². The second-order valence-corrected chi connectivity index (χ2v) is 11.1. The predicted octanol–water partition coefficient (Wildman–Crippen LogP) is 5.73. The summed E-state index contributed by atoms with van der Waals surface area (Å²) < 4.78 is 25.0. The van der Waals surface area contributed by atoms with E-state index in [1.54, 1.807) is 24.3 Å². The van der Waals surface area contributed by atoms with Crippen LogP contribution in [0.2, 0.25) is 3.93 Å². The van der Waals surface area contributed by atoms with Crippen molar-refractivity contribution < 1.29 is 8.42 Å². The first-order valence-corrected chi connectivity index (χ1v) is 12.8. The van der Waals surface area contributed by atoms with E-state index in [4.69, 9.17) is 0 Å². The Morgan fingerprint density at radius 2 is 1.33 bits per heavy atom. The molecule has 0 saturated carbocycles. The van der Waals surface area contributed by atoms with Gasteiger partial charge in [0.15, 0.2) is 0 Å². The first kappa shape index (κ1) is 22.0. The molecule has 24 heavy (non-hydrogen) atoms. The van der Waals surface area contributed by atoms with Crippen molar-refractivity contribution in [1.82, 2.24) is 0 Å². The standard InChI is InChI=1S/C20H33O2S.Sn/c1-2-3-4-5-6-7-8-9-10-11-12-16-19-23(21,22)20-17-14-13-15-18-20;/h13-18H,2-12,19H2,1H3;. The summed E-state index contributed by atoms with van der Waals surface area (Å²) in [5.41, 5.74) is 0. The second-order valence-electron chi connectivity index (χ2n) is 6.76. The van der Waals surface area contributed by atoms with Gasteiger partial charge < -0.3 is 0 Å². The van der Waals surface area contributed by atoms with Crippen molar-refractivity contribution in [2.24, 2.45) is 0 Å². The van der Waals surface area contributed by atoms with Crippen LogP contribution in [0.15, 0.2) is 35.2 Å². The average Bonchev–Trinajstić information content (AvgIpc) is 2.57. The summed E-state index contributed by atoms with van der Waals surface area (Å²) in [4.78, 5) is 0.473. The molecule has 0 amide bonds. The van der Waals surface area contributed by atoms with Gasteiger partial charge in [0.1, 0.15) is 0 Å². The molecule has 0 aliphatic carbocycles. The van der Waals surface area contributed by atoms with E-state index < -0.39 is 9.84 Å². The molecule has 1 aromatic carbocycles. The molecular weight excluding hydrogens is 423 g/mol. The van der Waals surface area contributed by atoms with Gasteiger partial charge in [0.25, 0.3) is 0 Å². The zero-order valence-electron chi connectivity index (χ0n) is 15.2. The number of hydrogen-bond donors (Lipinski definition) is 0. The van der Waals surface area contributed by atoms with Gasteiger partial charge in [0.2, 0.25) is 0 Å². The summed E-state index contributed by atoms with van der Waals surface area (Å²) in [7, 11) is -3.10. The van der Waals surface area contributed by atoms with Crippen LogP contribution in [-0.2, 0) is 9.84 Å². The summed E-state index contributed by atoms with van der Waals surface area (Å²) in [6.07, 6.45) is 14.4. The van der Waals surface area contributed by atoms with Gasteiger partial charge in [0, 0.05) is 0 Å². The van der Waals surface area contributed by atoms with Crippen molar-refractivity contribution in [3.8, 4) is 0 Å². The Kier molecular flexibility index (Phi) is 12.1. The summed E-state index contributed by atoms with van der Waals surface area (Å²) in [6, 6.07) is 8.87. The van der Waals surface area contributed by atoms with Crippen LogP contribution in [0.3, 0.4) is 0 Å². The molecule has 2 nitrogen and oxygen atoms in total. The number of hydrogen-bond acceptors (Lipinski definition) is 2. The Morgan fingerprint density at radius 3 is 1.88 bits per heavy atom. The van der Waals surface area contributed by atoms with Crippen LogP contribution in [0.25, 0.3) is 0 Å². The molecule has 0 heterocycles. The summed E-state index contributed by atoms with van der Waals surface area (Å²) >= 11 is 1.35. The molecule has 0 saturated heterocycles. The summed E-state index contributed by atoms with van der Waals surface area (Å²) in [5, 5.41) is 0. The molecule has 3 radical (unpaired) electrons. The van der Waals surface area contributed by atoms with Crippen LogP contribution in [0.1, 0.15) is 77.6 Å². The van der Waals surface area contributed by atoms with Crippen molar-refractivity contribution in [2.45, 2.75) is 86.4 Å². The molecule has 0 N–H and O–H groups in total. The number of sulfone groups is 1. The molecule has 0 fully saturated rings. The topological polar surface area (TPSA) is 34.1 Å². The first-order chi connectivity index (χ1) is 11.6. The van der Waals surface area contributed by atoms with Gasteiger partial charge in [0.05, 0.1) is 0 Å². The van der Waals surface area contributed by atoms with Gasteiger partial charge in [-0.3, -0.25) is 0 Å². The number of unbranched alkanes of at least 4 members (excludes halogenated alkanes) is 9. The fraction of sp³-hybridized carbons (Fsp3) is 0.700. The minimum absolute atomic E-state index is 0.312. The van der Waals surface area contributed by atoms with Gasteiger partial charge in [-0.25, -0.2) is 0 Å². The zero-order chi connectivity index (χ0) is 17.7. The van der Waals surface area contributed by atoms with Crippen LogP contribution in [-0.4, -0.2) is 36.7 Å². The van der Waals surface area contributed by atoms with Crippen molar-refractivity contribution in [3.63, 3.8) is 0 Å². The molecule has 4 heteroatoms. The van der Waals surface area contributed by atoms with E-state index in [2.05, 4.69) is 6.92 Å². The first-order valence-electron chi connectivity index (χ1n) is 9.55. The third kappa shape index (κ3) is 10.1. The molecule has 0 spiro atoms. The molecule has 135 valence electrons. The number of benzene rings is 1. The van der Waals surface area contributed by atoms with Gasteiger partial charge in [-0.1, -0.05) is 6.92 Å². The van der Waals surface area contributed by atoms with Crippen LogP contribution >= 0.6 is 0 Å². The Bertz CT molecular complexity index is 514. The monoisotopic (exact) mass is 457 g/mol. The minimum atomic E-state index is -3.10. The molecule has 0 aliphatic rings. The fourth-order valence-corrected chi connectivity index (χ4v) is 6.87. The zero-order valence-corrected chi connectivity index (χ0v) is 18.8. The quantitative estimate of drug-likeness (QED) is 0.265. The van der Waals surface area contributed by atoms with Crippen molar-refractivity contribution in [3.05, 3.63) is 30.3 Å². The van der Waals surface area contributed by atoms with Gasteiger partial charge in [-0.2, -0.15) is 0 Å². The molecule has 1 atom stereocenters. The van der Waals surface area contributed by atoms with Crippen LogP contribution in [0, 0.1) is 0 Å². The van der Waals surface area contributed by atoms with E-state index in [1.165, 1.54) is 86.7 Å². The Hall–Kier alpha value is -0.0313. The molecule has 1 rings (SSSR count). The van der Waals surface area contributed by atoms with Crippen LogP contribution < -0.4 is 0 Å². The third-order valence-corrected chi connectivity index (χ3v) is 8.51. The normalized spacial score (nSPS) is 13.1. The third-order valence-electron chi connectivity index (χ3n) is 4.43. The number of rotatable bonds is 14. The predicted molar refractivity (Wildman–Crippen MR) is 104 cm³/mol. The van der Waals surface area contributed by atoms with E-state index in [0.717, 1.165) is 6.42 Å². The Labute approximate surface area is 162 Å². The van der Waals surface area contributed by atoms with Crippen LogP contribution in [0.5, 0.6) is 0 Å².